The molecule has 1 aromatic rings. The average Bonchev–Trinajstić information content (AvgIpc) is 2.14. The molecule has 0 aliphatic carbocycles. The highest BCUT2D eigenvalue weighted by Gasteiger charge is 2.02. The number of nitrogens with zero attached hydrogens (tertiary/aromatic N) is 2. The molecular formula is C7H12N4O2. The van der Waals surface area contributed by atoms with Crippen molar-refractivity contribution in [2.45, 2.75) is 6.10 Å². The van der Waals surface area contributed by atoms with E-state index in [-0.39, 0.29) is 13.2 Å². The Labute approximate surface area is 75.4 Å². The van der Waals surface area contributed by atoms with Crippen LogP contribution >= 0.6 is 0 Å². The second-order valence-electron chi connectivity index (χ2n) is 2.52. The SMILES string of the molecule is Nc1ccnc(NCC(O)CO)n1. The molecule has 72 valence electrons. The fraction of sp³-hybridized carbons (Fsp3) is 0.429. The Hall–Kier alpha value is -1.40. The third kappa shape index (κ3) is 3.22. The lowest BCUT2D eigenvalue weighted by atomic mass is 10.4. The number of aliphatic hydroxyl groups excluding tert-OH is 2. The summed E-state index contributed by atoms with van der Waals surface area (Å²) in [5.41, 5.74) is 5.39. The van der Waals surface area contributed by atoms with Crippen LogP contribution in [-0.2, 0) is 0 Å². The minimum absolute atomic E-state index is 0.194. The monoisotopic (exact) mass is 184 g/mol. The van der Waals surface area contributed by atoms with Crippen molar-refractivity contribution in [3.63, 3.8) is 0 Å². The van der Waals surface area contributed by atoms with Gasteiger partial charge in [0.2, 0.25) is 5.95 Å². The maximum absolute atomic E-state index is 8.99. The van der Waals surface area contributed by atoms with Gasteiger partial charge in [-0.3, -0.25) is 0 Å². The molecule has 1 rings (SSSR count). The van der Waals surface area contributed by atoms with Crippen LogP contribution in [-0.4, -0.2) is 39.4 Å². The summed E-state index contributed by atoms with van der Waals surface area (Å²) in [6.45, 7) is -0.102. The van der Waals surface area contributed by atoms with Crippen LogP contribution in [0.2, 0.25) is 0 Å². The zero-order chi connectivity index (χ0) is 9.68. The van der Waals surface area contributed by atoms with Crippen LogP contribution < -0.4 is 11.1 Å². The Morgan fingerprint density at radius 2 is 2.38 bits per heavy atom. The summed E-state index contributed by atoms with van der Waals surface area (Å²) in [6.07, 6.45) is 0.695. The molecule has 0 bridgehead atoms. The number of rotatable bonds is 4. The smallest absolute Gasteiger partial charge is 0.224 e. The van der Waals surface area contributed by atoms with E-state index in [2.05, 4.69) is 15.3 Å². The van der Waals surface area contributed by atoms with Gasteiger partial charge >= 0.3 is 0 Å². The summed E-state index contributed by atoms with van der Waals surface area (Å²) < 4.78 is 0. The Morgan fingerprint density at radius 3 is 3.00 bits per heavy atom. The van der Waals surface area contributed by atoms with Crippen molar-refractivity contribution < 1.29 is 10.2 Å². The molecule has 1 atom stereocenters. The van der Waals surface area contributed by atoms with Gasteiger partial charge in [0.1, 0.15) is 5.82 Å². The Morgan fingerprint density at radius 1 is 1.62 bits per heavy atom. The molecule has 0 spiro atoms. The molecule has 0 aliphatic heterocycles. The van der Waals surface area contributed by atoms with Gasteiger partial charge in [0.25, 0.3) is 0 Å². The quantitative estimate of drug-likeness (QED) is 0.469. The van der Waals surface area contributed by atoms with Crippen molar-refractivity contribution in [1.82, 2.24) is 9.97 Å². The summed E-state index contributed by atoms with van der Waals surface area (Å²) in [5.74, 6) is 0.698. The highest BCUT2D eigenvalue weighted by molar-refractivity contribution is 5.34. The van der Waals surface area contributed by atoms with E-state index >= 15 is 0 Å². The van der Waals surface area contributed by atoms with Crippen LogP contribution in [0.15, 0.2) is 12.3 Å². The van der Waals surface area contributed by atoms with Gasteiger partial charge in [0, 0.05) is 12.7 Å². The molecule has 0 fully saturated rings. The van der Waals surface area contributed by atoms with Crippen molar-refractivity contribution in [3.05, 3.63) is 12.3 Å². The minimum atomic E-state index is -0.815. The van der Waals surface area contributed by atoms with E-state index in [4.69, 9.17) is 15.9 Å². The number of aliphatic hydroxyl groups is 2. The Kier molecular flexibility index (Phi) is 3.41. The second-order valence-corrected chi connectivity index (χ2v) is 2.52. The molecule has 6 heteroatoms. The fourth-order valence-corrected chi connectivity index (χ4v) is 0.731. The number of nitrogens with two attached hydrogens (primary N) is 1. The van der Waals surface area contributed by atoms with Crippen LogP contribution in [0.3, 0.4) is 0 Å². The van der Waals surface area contributed by atoms with E-state index in [1.165, 1.54) is 6.20 Å². The van der Waals surface area contributed by atoms with Crippen LogP contribution in [0.5, 0.6) is 0 Å². The van der Waals surface area contributed by atoms with Gasteiger partial charge in [-0.2, -0.15) is 4.98 Å². The molecule has 0 saturated carbocycles. The average molecular weight is 184 g/mol. The summed E-state index contributed by atoms with van der Waals surface area (Å²) in [4.78, 5) is 7.69. The molecule has 6 nitrogen and oxygen atoms in total. The largest absolute Gasteiger partial charge is 0.394 e. The van der Waals surface area contributed by atoms with Crippen LogP contribution in [0.25, 0.3) is 0 Å². The van der Waals surface area contributed by atoms with Gasteiger partial charge in [0.05, 0.1) is 12.7 Å². The van der Waals surface area contributed by atoms with E-state index in [1.54, 1.807) is 6.07 Å². The maximum Gasteiger partial charge on any atom is 0.224 e. The molecule has 13 heavy (non-hydrogen) atoms. The molecule has 5 N–H and O–H groups in total. The number of nitrogen functional groups attached to an aromatic ring is 1. The Bertz CT molecular complexity index is 268. The topological polar surface area (TPSA) is 104 Å². The first-order valence-corrected chi connectivity index (χ1v) is 3.83. The summed E-state index contributed by atoms with van der Waals surface area (Å²) in [5, 5.41) is 20.2. The van der Waals surface area contributed by atoms with Gasteiger partial charge in [-0.25, -0.2) is 4.98 Å². The number of nitrogens with one attached hydrogen (secondary N) is 1. The van der Waals surface area contributed by atoms with Crippen molar-refractivity contribution in [3.8, 4) is 0 Å². The molecule has 1 heterocycles. The number of aromatic nitrogens is 2. The Balaban J connectivity index is 2.45. The maximum atomic E-state index is 8.99. The fourth-order valence-electron chi connectivity index (χ4n) is 0.731. The highest BCUT2D eigenvalue weighted by Crippen LogP contribution is 2.00. The van der Waals surface area contributed by atoms with Crippen molar-refractivity contribution in [2.75, 3.05) is 24.2 Å². The van der Waals surface area contributed by atoms with Gasteiger partial charge in [-0.1, -0.05) is 0 Å². The molecule has 0 saturated heterocycles. The molecule has 1 aromatic heterocycles. The van der Waals surface area contributed by atoms with Crippen molar-refractivity contribution >= 4 is 11.8 Å². The third-order valence-electron chi connectivity index (χ3n) is 1.38. The standard InChI is InChI=1S/C7H12N4O2/c8-6-1-2-9-7(11-6)10-3-5(13)4-12/h1-2,5,12-13H,3-4H2,(H3,8,9,10,11). The van der Waals surface area contributed by atoms with Gasteiger partial charge in [-0.05, 0) is 6.07 Å². The number of hydrogen-bond acceptors (Lipinski definition) is 6. The first-order valence-electron chi connectivity index (χ1n) is 3.83. The molecule has 0 aliphatic rings. The summed E-state index contributed by atoms with van der Waals surface area (Å²) in [7, 11) is 0. The van der Waals surface area contributed by atoms with Gasteiger partial charge in [0.15, 0.2) is 0 Å². The van der Waals surface area contributed by atoms with E-state index in [1.807, 2.05) is 0 Å². The highest BCUT2D eigenvalue weighted by atomic mass is 16.3. The molecular weight excluding hydrogens is 172 g/mol. The third-order valence-corrected chi connectivity index (χ3v) is 1.38. The zero-order valence-corrected chi connectivity index (χ0v) is 7.01. The van der Waals surface area contributed by atoms with E-state index < -0.39 is 6.10 Å². The van der Waals surface area contributed by atoms with E-state index in [0.29, 0.717) is 11.8 Å². The first-order chi connectivity index (χ1) is 6.22. The summed E-state index contributed by atoms with van der Waals surface area (Å²) >= 11 is 0. The minimum Gasteiger partial charge on any atom is -0.394 e. The lowest BCUT2D eigenvalue weighted by Crippen LogP contribution is -2.23. The predicted molar refractivity (Wildman–Crippen MR) is 48.0 cm³/mol. The number of anilines is 2. The van der Waals surface area contributed by atoms with Crippen molar-refractivity contribution in [2.24, 2.45) is 0 Å². The van der Waals surface area contributed by atoms with E-state index in [9.17, 15) is 0 Å². The van der Waals surface area contributed by atoms with Gasteiger partial charge < -0.3 is 21.3 Å². The molecule has 0 radical (unpaired) electrons. The zero-order valence-electron chi connectivity index (χ0n) is 7.01. The normalized spacial score (nSPS) is 12.5. The number of hydrogen-bond donors (Lipinski definition) is 4. The van der Waals surface area contributed by atoms with E-state index in [0.717, 1.165) is 0 Å². The summed E-state index contributed by atoms with van der Waals surface area (Å²) in [6, 6.07) is 1.56. The van der Waals surface area contributed by atoms with Crippen LogP contribution in [0.4, 0.5) is 11.8 Å². The molecule has 1 unspecified atom stereocenters. The lowest BCUT2D eigenvalue weighted by molar-refractivity contribution is 0.105. The van der Waals surface area contributed by atoms with Crippen LogP contribution in [0, 0.1) is 0 Å². The first kappa shape index (κ1) is 9.69. The molecule has 0 aromatic carbocycles. The lowest BCUT2D eigenvalue weighted by Gasteiger charge is -2.08. The molecule has 0 amide bonds. The second kappa shape index (κ2) is 4.58. The van der Waals surface area contributed by atoms with Crippen molar-refractivity contribution in [1.29, 1.82) is 0 Å². The van der Waals surface area contributed by atoms with Crippen LogP contribution in [0.1, 0.15) is 0 Å². The predicted octanol–water partition coefficient (Wildman–Crippen LogP) is -1.18. The van der Waals surface area contributed by atoms with Gasteiger partial charge in [-0.15, -0.1) is 0 Å².